The average Bonchev–Trinajstić information content (AvgIpc) is 3.49. The smallest absolute Gasteiger partial charge is 0.342 e. The second-order valence-electron chi connectivity index (χ2n) is 7.12. The molecule has 4 aromatic rings. The number of carbonyl (C=O) groups is 1. The minimum atomic E-state index is -0.516. The molecular formula is C23H24N6O3. The molecule has 2 heterocycles. The molecule has 0 aliphatic rings. The van der Waals surface area contributed by atoms with Crippen LogP contribution in [0.15, 0.2) is 60.8 Å². The number of benzene rings is 2. The molecule has 0 amide bonds. The maximum Gasteiger partial charge on any atom is 0.342 e. The first-order valence-corrected chi connectivity index (χ1v) is 10.4. The van der Waals surface area contributed by atoms with Crippen LogP contribution in [0.3, 0.4) is 0 Å². The summed E-state index contributed by atoms with van der Waals surface area (Å²) in [4.78, 5) is 13.1. The van der Waals surface area contributed by atoms with Gasteiger partial charge in [0.15, 0.2) is 12.4 Å². The lowest BCUT2D eigenvalue weighted by molar-refractivity contribution is 0.0457. The van der Waals surface area contributed by atoms with E-state index >= 15 is 0 Å². The van der Waals surface area contributed by atoms with Gasteiger partial charge in [-0.1, -0.05) is 43.7 Å². The summed E-state index contributed by atoms with van der Waals surface area (Å²) in [6.07, 6.45) is 3.62. The first kappa shape index (κ1) is 21.2. The van der Waals surface area contributed by atoms with Crippen molar-refractivity contribution in [2.75, 3.05) is 7.11 Å². The van der Waals surface area contributed by atoms with Crippen molar-refractivity contribution in [2.45, 2.75) is 32.9 Å². The Hall–Kier alpha value is -4.01. The third-order valence-electron chi connectivity index (χ3n) is 4.98. The fraction of sp³-hybridized carbons (Fsp3) is 0.261. The number of methoxy groups -OCH3 is 1. The third-order valence-corrected chi connectivity index (χ3v) is 4.98. The first-order chi connectivity index (χ1) is 15.7. The minimum Gasteiger partial charge on any atom is -0.496 e. The Morgan fingerprint density at radius 2 is 1.84 bits per heavy atom. The van der Waals surface area contributed by atoms with Crippen LogP contribution in [0.5, 0.6) is 5.75 Å². The molecule has 9 heteroatoms. The summed E-state index contributed by atoms with van der Waals surface area (Å²) in [5.41, 5.74) is 2.32. The van der Waals surface area contributed by atoms with Crippen molar-refractivity contribution in [1.82, 2.24) is 30.0 Å². The summed E-state index contributed by atoms with van der Waals surface area (Å²) < 4.78 is 14.4. The molecule has 0 spiro atoms. The zero-order chi connectivity index (χ0) is 22.3. The van der Waals surface area contributed by atoms with Gasteiger partial charge in [-0.25, -0.2) is 14.2 Å². The zero-order valence-electron chi connectivity index (χ0n) is 18.0. The lowest BCUT2D eigenvalue weighted by Gasteiger charge is -2.08. The summed E-state index contributed by atoms with van der Waals surface area (Å²) in [6, 6.07) is 17.0. The topological polar surface area (TPSA) is 97.0 Å². The van der Waals surface area contributed by atoms with Gasteiger partial charge in [0.05, 0.1) is 12.8 Å². The normalized spacial score (nSPS) is 10.8. The highest BCUT2D eigenvalue weighted by molar-refractivity contribution is 5.97. The molecule has 9 nitrogen and oxygen atoms in total. The van der Waals surface area contributed by atoms with Crippen molar-refractivity contribution < 1.29 is 14.3 Å². The Balaban J connectivity index is 1.65. The number of rotatable bonds is 9. The van der Waals surface area contributed by atoms with Gasteiger partial charge in [0.1, 0.15) is 17.0 Å². The van der Waals surface area contributed by atoms with Crippen molar-refractivity contribution in [2.24, 2.45) is 0 Å². The number of hydrogen-bond donors (Lipinski definition) is 0. The van der Waals surface area contributed by atoms with Gasteiger partial charge in [-0.3, -0.25) is 0 Å². The molecule has 0 fully saturated rings. The van der Waals surface area contributed by atoms with E-state index in [0.29, 0.717) is 34.9 Å². The molecule has 32 heavy (non-hydrogen) atoms. The summed E-state index contributed by atoms with van der Waals surface area (Å²) in [7, 11) is 1.58. The van der Waals surface area contributed by atoms with E-state index in [1.54, 1.807) is 22.7 Å². The second-order valence-corrected chi connectivity index (χ2v) is 7.12. The maximum atomic E-state index is 13.1. The molecule has 4 rings (SSSR count). The van der Waals surface area contributed by atoms with E-state index in [1.807, 2.05) is 54.6 Å². The van der Waals surface area contributed by atoms with Gasteiger partial charge >= 0.3 is 5.97 Å². The van der Waals surface area contributed by atoms with Crippen LogP contribution in [0.4, 0.5) is 0 Å². The fourth-order valence-corrected chi connectivity index (χ4v) is 3.29. The van der Waals surface area contributed by atoms with Crippen molar-refractivity contribution in [3.8, 4) is 22.7 Å². The van der Waals surface area contributed by atoms with E-state index < -0.39 is 5.97 Å². The van der Waals surface area contributed by atoms with Gasteiger partial charge in [-0.2, -0.15) is 5.10 Å². The first-order valence-electron chi connectivity index (χ1n) is 10.4. The number of carbonyl (C=O) groups excluding carboxylic acids is 1. The van der Waals surface area contributed by atoms with E-state index in [4.69, 9.17) is 9.47 Å². The molecule has 0 aliphatic carbocycles. The molecule has 0 bridgehead atoms. The number of hydrogen-bond acceptors (Lipinski definition) is 7. The SMILES string of the molecule is CCCCn1nnnc1COC(=O)c1cn(-c2ccccc2)nc1-c1ccccc1OC. The van der Waals surface area contributed by atoms with Gasteiger partial charge in [0.2, 0.25) is 0 Å². The van der Waals surface area contributed by atoms with Crippen LogP contribution in [0.2, 0.25) is 0 Å². The molecule has 2 aromatic heterocycles. The fourth-order valence-electron chi connectivity index (χ4n) is 3.29. The number of nitrogens with zero attached hydrogens (tertiary/aromatic N) is 6. The predicted molar refractivity (Wildman–Crippen MR) is 117 cm³/mol. The molecule has 0 saturated heterocycles. The van der Waals surface area contributed by atoms with Gasteiger partial charge in [-0.15, -0.1) is 5.10 Å². The van der Waals surface area contributed by atoms with Gasteiger partial charge in [0, 0.05) is 18.3 Å². The van der Waals surface area contributed by atoms with Crippen molar-refractivity contribution in [1.29, 1.82) is 0 Å². The second kappa shape index (κ2) is 9.86. The van der Waals surface area contributed by atoms with Crippen molar-refractivity contribution in [3.63, 3.8) is 0 Å². The number of unbranched alkanes of at least 4 members (excludes halogenated alkanes) is 1. The number of aryl methyl sites for hydroxylation is 1. The monoisotopic (exact) mass is 432 g/mol. The van der Waals surface area contributed by atoms with Crippen molar-refractivity contribution >= 4 is 5.97 Å². The van der Waals surface area contributed by atoms with Crippen LogP contribution in [0, 0.1) is 0 Å². The molecule has 0 aliphatic heterocycles. The van der Waals surface area contributed by atoms with Crippen LogP contribution in [0.1, 0.15) is 35.9 Å². The maximum absolute atomic E-state index is 13.1. The number of tetrazole rings is 1. The number of esters is 1. The van der Waals surface area contributed by atoms with Crippen LogP contribution >= 0.6 is 0 Å². The number of ether oxygens (including phenoxy) is 2. The van der Waals surface area contributed by atoms with Crippen molar-refractivity contribution in [3.05, 3.63) is 72.2 Å². The summed E-state index contributed by atoms with van der Waals surface area (Å²) >= 11 is 0. The highest BCUT2D eigenvalue weighted by Gasteiger charge is 2.23. The Kier molecular flexibility index (Phi) is 6.54. The standard InChI is InChI=1S/C23H24N6O3/c1-3-4-14-28-21(24-26-27-28)16-32-23(30)19-15-29(17-10-6-5-7-11-17)25-22(19)18-12-8-9-13-20(18)31-2/h5-13,15H,3-4,14,16H2,1-2H3. The Morgan fingerprint density at radius 1 is 1.06 bits per heavy atom. The molecule has 0 saturated carbocycles. The summed E-state index contributed by atoms with van der Waals surface area (Å²) in [5, 5.41) is 16.3. The number of aromatic nitrogens is 6. The molecule has 164 valence electrons. The van der Waals surface area contributed by atoms with E-state index in [-0.39, 0.29) is 6.61 Å². The van der Waals surface area contributed by atoms with E-state index in [9.17, 15) is 4.79 Å². The largest absolute Gasteiger partial charge is 0.496 e. The highest BCUT2D eigenvalue weighted by atomic mass is 16.5. The number of para-hydroxylation sites is 2. The predicted octanol–water partition coefficient (Wildman–Crippen LogP) is 3.69. The average molecular weight is 432 g/mol. The van der Waals surface area contributed by atoms with Crippen LogP contribution < -0.4 is 4.74 Å². The third kappa shape index (κ3) is 4.51. The molecule has 0 atom stereocenters. The van der Waals surface area contributed by atoms with E-state index in [2.05, 4.69) is 27.5 Å². The lowest BCUT2D eigenvalue weighted by Crippen LogP contribution is -2.11. The molecule has 2 aromatic carbocycles. The molecule has 0 N–H and O–H groups in total. The van der Waals surface area contributed by atoms with E-state index in [1.165, 1.54) is 0 Å². The zero-order valence-corrected chi connectivity index (χ0v) is 18.0. The van der Waals surface area contributed by atoms with Crippen LogP contribution in [-0.2, 0) is 17.9 Å². The van der Waals surface area contributed by atoms with Gasteiger partial charge in [0.25, 0.3) is 0 Å². The molecular weight excluding hydrogens is 408 g/mol. The van der Waals surface area contributed by atoms with Crippen LogP contribution in [-0.4, -0.2) is 43.1 Å². The summed E-state index contributed by atoms with van der Waals surface area (Å²) in [6.45, 7) is 2.74. The summed E-state index contributed by atoms with van der Waals surface area (Å²) in [5.74, 6) is 0.600. The van der Waals surface area contributed by atoms with Crippen LogP contribution in [0.25, 0.3) is 16.9 Å². The Labute approximate surface area is 185 Å². The molecule has 0 unspecified atom stereocenters. The molecule has 0 radical (unpaired) electrons. The highest BCUT2D eigenvalue weighted by Crippen LogP contribution is 2.32. The van der Waals surface area contributed by atoms with E-state index in [0.717, 1.165) is 18.5 Å². The van der Waals surface area contributed by atoms with Gasteiger partial charge < -0.3 is 9.47 Å². The lowest BCUT2D eigenvalue weighted by atomic mass is 10.1. The Morgan fingerprint density at radius 3 is 2.62 bits per heavy atom. The minimum absolute atomic E-state index is 0.0303. The quantitative estimate of drug-likeness (QED) is 0.372. The Bertz CT molecular complexity index is 1190. The van der Waals surface area contributed by atoms with Gasteiger partial charge in [-0.05, 0) is 41.1 Å².